The van der Waals surface area contributed by atoms with E-state index < -0.39 is 10.8 Å². The van der Waals surface area contributed by atoms with Crippen LogP contribution in [0.15, 0.2) is 0 Å². The van der Waals surface area contributed by atoms with Crippen molar-refractivity contribution in [3.8, 4) is 0 Å². The Balaban J connectivity index is 2.03. The van der Waals surface area contributed by atoms with Gasteiger partial charge in [0.15, 0.2) is 0 Å². The molecule has 0 aromatic carbocycles. The van der Waals surface area contributed by atoms with Crippen molar-refractivity contribution >= 4 is 10.8 Å². The molecule has 100 valence electrons. The maximum Gasteiger partial charge on any atom is 0.0383 e. The van der Waals surface area contributed by atoms with Crippen molar-refractivity contribution in [2.75, 3.05) is 12.0 Å². The Morgan fingerprint density at radius 3 is 2.47 bits per heavy atom. The van der Waals surface area contributed by atoms with Gasteiger partial charge in [0.05, 0.1) is 0 Å². The monoisotopic (exact) mass is 257 g/mol. The molecule has 2 nitrogen and oxygen atoms in total. The number of nitrogens with one attached hydrogen (secondary N) is 1. The quantitative estimate of drug-likeness (QED) is 0.838. The first-order valence-corrected chi connectivity index (χ1v) is 8.56. The van der Waals surface area contributed by atoms with Crippen molar-refractivity contribution in [3.05, 3.63) is 0 Å². The van der Waals surface area contributed by atoms with E-state index in [0.717, 1.165) is 11.7 Å². The Morgan fingerprint density at radius 2 is 2.06 bits per heavy atom. The molecule has 5 atom stereocenters. The van der Waals surface area contributed by atoms with Crippen LogP contribution in [0.3, 0.4) is 0 Å². The lowest BCUT2D eigenvalue weighted by Gasteiger charge is -2.40. The smallest absolute Gasteiger partial charge is 0.0383 e. The van der Waals surface area contributed by atoms with E-state index in [2.05, 4.69) is 33.0 Å². The number of hydrogen-bond acceptors (Lipinski definition) is 2. The minimum absolute atomic E-state index is 0.373. The summed E-state index contributed by atoms with van der Waals surface area (Å²) in [5.41, 5.74) is 0.900. The standard InChI is InChI=1S/C14H27NOS/c1-10(9-17(5)16)15-12-8-11-6-7-14(12,4)13(11,2)3/h10-12,15H,6-9H2,1-5H3. The van der Waals surface area contributed by atoms with Crippen LogP contribution < -0.4 is 5.32 Å². The summed E-state index contributed by atoms with van der Waals surface area (Å²) in [6.45, 7) is 9.50. The molecule has 2 fully saturated rings. The van der Waals surface area contributed by atoms with Gasteiger partial charge in [-0.3, -0.25) is 4.21 Å². The van der Waals surface area contributed by atoms with Crippen LogP contribution in [0.4, 0.5) is 0 Å². The van der Waals surface area contributed by atoms with E-state index in [1.807, 2.05) is 0 Å². The maximum atomic E-state index is 11.3. The SMILES string of the molecule is CC(CS(C)=O)NC1CC2CCC1(C)C2(C)C. The Labute approximate surface area is 108 Å². The normalized spacial score (nSPS) is 42.6. The third-order valence-electron chi connectivity index (χ3n) is 5.76. The summed E-state index contributed by atoms with van der Waals surface area (Å²) in [4.78, 5) is 0. The van der Waals surface area contributed by atoms with Crippen molar-refractivity contribution in [1.82, 2.24) is 5.32 Å². The third kappa shape index (κ3) is 2.10. The summed E-state index contributed by atoms with van der Waals surface area (Å²) in [7, 11) is -0.693. The molecule has 0 aromatic heterocycles. The largest absolute Gasteiger partial charge is 0.310 e. The Morgan fingerprint density at radius 1 is 1.41 bits per heavy atom. The van der Waals surface area contributed by atoms with E-state index in [1.165, 1.54) is 19.3 Å². The highest BCUT2D eigenvalue weighted by Crippen LogP contribution is 2.65. The molecule has 2 saturated carbocycles. The van der Waals surface area contributed by atoms with E-state index in [9.17, 15) is 4.21 Å². The van der Waals surface area contributed by atoms with Gasteiger partial charge in [0, 0.05) is 34.9 Å². The molecule has 5 unspecified atom stereocenters. The van der Waals surface area contributed by atoms with Crippen LogP contribution in [0.25, 0.3) is 0 Å². The number of fused-ring (bicyclic) bond motifs is 2. The molecule has 2 rings (SSSR count). The molecule has 0 heterocycles. The van der Waals surface area contributed by atoms with E-state index in [1.54, 1.807) is 6.26 Å². The number of rotatable bonds is 4. The topological polar surface area (TPSA) is 29.1 Å². The molecule has 0 radical (unpaired) electrons. The van der Waals surface area contributed by atoms with Crippen LogP contribution in [0.5, 0.6) is 0 Å². The average molecular weight is 257 g/mol. The van der Waals surface area contributed by atoms with Gasteiger partial charge in [0.2, 0.25) is 0 Å². The van der Waals surface area contributed by atoms with Crippen LogP contribution in [0.2, 0.25) is 0 Å². The molecule has 0 aliphatic heterocycles. The summed E-state index contributed by atoms with van der Waals surface area (Å²) in [6.07, 6.45) is 5.86. The van der Waals surface area contributed by atoms with Gasteiger partial charge >= 0.3 is 0 Å². The summed E-state index contributed by atoms with van der Waals surface area (Å²) in [6, 6.07) is 0.993. The molecule has 2 bridgehead atoms. The summed E-state index contributed by atoms with van der Waals surface area (Å²) >= 11 is 0. The van der Waals surface area contributed by atoms with E-state index in [-0.39, 0.29) is 0 Å². The second kappa shape index (κ2) is 4.34. The van der Waals surface area contributed by atoms with Gasteiger partial charge in [-0.1, -0.05) is 20.8 Å². The Kier molecular flexibility index (Phi) is 3.46. The molecule has 1 N–H and O–H groups in total. The molecule has 0 amide bonds. The van der Waals surface area contributed by atoms with E-state index in [4.69, 9.17) is 0 Å². The minimum atomic E-state index is -0.693. The van der Waals surface area contributed by atoms with Crippen molar-refractivity contribution in [3.63, 3.8) is 0 Å². The van der Waals surface area contributed by atoms with Gasteiger partial charge in [0.1, 0.15) is 0 Å². The van der Waals surface area contributed by atoms with Crippen LogP contribution in [0, 0.1) is 16.7 Å². The fourth-order valence-corrected chi connectivity index (χ4v) is 5.00. The van der Waals surface area contributed by atoms with Gasteiger partial charge in [-0.25, -0.2) is 0 Å². The molecule has 17 heavy (non-hydrogen) atoms. The first-order chi connectivity index (χ1) is 7.77. The molecule has 0 aromatic rings. The highest BCUT2D eigenvalue weighted by Gasteiger charge is 2.61. The number of hydrogen-bond donors (Lipinski definition) is 1. The molecule has 3 heteroatoms. The zero-order valence-corrected chi connectivity index (χ0v) is 12.7. The van der Waals surface area contributed by atoms with Gasteiger partial charge < -0.3 is 5.32 Å². The molecule has 0 spiro atoms. The third-order valence-corrected chi connectivity index (χ3v) is 6.73. The van der Waals surface area contributed by atoms with Crippen molar-refractivity contribution in [1.29, 1.82) is 0 Å². The van der Waals surface area contributed by atoms with E-state index >= 15 is 0 Å². The lowest BCUT2D eigenvalue weighted by molar-refractivity contribution is 0.117. The van der Waals surface area contributed by atoms with Gasteiger partial charge in [-0.05, 0) is 42.9 Å². The van der Waals surface area contributed by atoms with Crippen molar-refractivity contribution in [2.45, 2.75) is 59.0 Å². The molecule has 2 aliphatic rings. The van der Waals surface area contributed by atoms with Gasteiger partial charge in [-0.15, -0.1) is 0 Å². The van der Waals surface area contributed by atoms with Crippen molar-refractivity contribution < 1.29 is 4.21 Å². The Bertz CT molecular complexity index is 328. The predicted molar refractivity (Wildman–Crippen MR) is 74.5 cm³/mol. The first-order valence-electron chi connectivity index (χ1n) is 6.83. The van der Waals surface area contributed by atoms with Crippen LogP contribution in [0.1, 0.15) is 47.0 Å². The zero-order chi connectivity index (χ0) is 12.8. The second-order valence-electron chi connectivity index (χ2n) is 6.97. The predicted octanol–water partition coefficient (Wildman–Crippen LogP) is 2.56. The van der Waals surface area contributed by atoms with Crippen molar-refractivity contribution in [2.24, 2.45) is 16.7 Å². The summed E-state index contributed by atoms with van der Waals surface area (Å²) in [5.74, 6) is 1.65. The Hall–Kier alpha value is 0.110. The van der Waals surface area contributed by atoms with Crippen LogP contribution in [-0.2, 0) is 10.8 Å². The molecule has 0 saturated heterocycles. The maximum absolute atomic E-state index is 11.3. The van der Waals surface area contributed by atoms with Gasteiger partial charge in [-0.2, -0.15) is 0 Å². The highest BCUT2D eigenvalue weighted by atomic mass is 32.2. The lowest BCUT2D eigenvalue weighted by Crippen LogP contribution is -2.49. The molecular formula is C14H27NOS. The fraction of sp³-hybridized carbons (Fsp3) is 1.00. The summed E-state index contributed by atoms with van der Waals surface area (Å²) in [5, 5.41) is 3.74. The lowest BCUT2D eigenvalue weighted by atomic mass is 9.69. The van der Waals surface area contributed by atoms with Gasteiger partial charge in [0.25, 0.3) is 0 Å². The molecular weight excluding hydrogens is 230 g/mol. The summed E-state index contributed by atoms with van der Waals surface area (Å²) < 4.78 is 11.3. The first kappa shape index (κ1) is 13.5. The zero-order valence-electron chi connectivity index (χ0n) is 11.9. The van der Waals surface area contributed by atoms with E-state index in [0.29, 0.717) is 22.9 Å². The minimum Gasteiger partial charge on any atom is -0.310 e. The average Bonchev–Trinajstić information content (AvgIpc) is 2.49. The fourth-order valence-electron chi connectivity index (χ4n) is 4.20. The highest BCUT2D eigenvalue weighted by molar-refractivity contribution is 7.84. The van der Waals surface area contributed by atoms with Crippen LogP contribution >= 0.6 is 0 Å². The molecule has 2 aliphatic carbocycles. The second-order valence-corrected chi connectivity index (χ2v) is 8.45. The van der Waals surface area contributed by atoms with Crippen LogP contribution in [-0.4, -0.2) is 28.3 Å².